The molecule has 0 saturated heterocycles. The van der Waals surface area contributed by atoms with Crippen molar-refractivity contribution in [2.24, 2.45) is 0 Å². The number of aliphatic hydroxyl groups is 1. The van der Waals surface area contributed by atoms with Crippen molar-refractivity contribution in [1.82, 2.24) is 0 Å². The lowest BCUT2D eigenvalue weighted by atomic mass is 10.00. The Morgan fingerprint density at radius 2 is 2.38 bits per heavy atom. The Balaban J connectivity index is 2.43. The van der Waals surface area contributed by atoms with Crippen molar-refractivity contribution in [2.45, 2.75) is 24.0 Å². The first-order valence-electron chi connectivity index (χ1n) is 4.10. The first-order valence-corrected chi connectivity index (χ1v) is 5.77. The van der Waals surface area contributed by atoms with E-state index in [9.17, 15) is 5.11 Å². The van der Waals surface area contributed by atoms with Crippen LogP contribution in [0.1, 0.15) is 13.8 Å². The predicted molar refractivity (Wildman–Crippen MR) is 57.7 cm³/mol. The summed E-state index contributed by atoms with van der Waals surface area (Å²) in [5.41, 5.74) is 0.602. The van der Waals surface area contributed by atoms with Crippen molar-refractivity contribution >= 4 is 27.7 Å². The number of rotatable bonds is 0. The van der Waals surface area contributed by atoms with Crippen LogP contribution in [0.15, 0.2) is 21.9 Å². The Bertz CT molecular complexity index is 307. The molecule has 2 aliphatic rings. The Kier molecular flexibility index (Phi) is 2.25. The molecule has 0 radical (unpaired) electrons. The van der Waals surface area contributed by atoms with Crippen molar-refractivity contribution in [3.05, 3.63) is 21.9 Å². The van der Waals surface area contributed by atoms with Crippen LogP contribution in [0.5, 0.6) is 0 Å². The van der Waals surface area contributed by atoms with E-state index in [4.69, 9.17) is 4.74 Å². The smallest absolute Gasteiger partial charge is 0.158 e. The second-order valence-electron chi connectivity index (χ2n) is 3.64. The van der Waals surface area contributed by atoms with Crippen LogP contribution in [0.3, 0.4) is 0 Å². The summed E-state index contributed by atoms with van der Waals surface area (Å²) in [6.45, 7) is 4.72. The van der Waals surface area contributed by atoms with Crippen LogP contribution in [0.2, 0.25) is 0 Å². The highest BCUT2D eigenvalue weighted by atomic mass is 79.9. The summed E-state index contributed by atoms with van der Waals surface area (Å²) < 4.78 is 6.44. The molecule has 0 aromatic heterocycles. The summed E-state index contributed by atoms with van der Waals surface area (Å²) in [5, 5.41) is 9.68. The van der Waals surface area contributed by atoms with Gasteiger partial charge in [0, 0.05) is 14.8 Å². The van der Waals surface area contributed by atoms with Gasteiger partial charge in [-0.05, 0) is 19.9 Å². The van der Waals surface area contributed by atoms with Gasteiger partial charge in [-0.1, -0.05) is 15.9 Å². The Hall–Kier alpha value is 0.0700. The molecular weight excluding hydrogens is 252 g/mol. The number of thioether (sulfide) groups is 1. The fourth-order valence-electron chi connectivity index (χ4n) is 1.56. The van der Waals surface area contributed by atoms with Crippen molar-refractivity contribution < 1.29 is 9.84 Å². The number of allylic oxidation sites excluding steroid dienone is 1. The molecule has 1 unspecified atom stereocenters. The van der Waals surface area contributed by atoms with Gasteiger partial charge in [0.25, 0.3) is 0 Å². The van der Waals surface area contributed by atoms with E-state index in [1.54, 1.807) is 0 Å². The maximum absolute atomic E-state index is 9.68. The van der Waals surface area contributed by atoms with Crippen molar-refractivity contribution in [3.8, 4) is 0 Å². The largest absolute Gasteiger partial charge is 0.489 e. The summed E-state index contributed by atoms with van der Waals surface area (Å²) >= 11 is 4.93. The molecule has 1 N–H and O–H groups in total. The van der Waals surface area contributed by atoms with Gasteiger partial charge in [-0.15, -0.1) is 11.8 Å². The number of ether oxygens (including phenoxy) is 1. The molecule has 2 nitrogen and oxygen atoms in total. The summed E-state index contributed by atoms with van der Waals surface area (Å²) in [7, 11) is 0. The normalized spacial score (nSPS) is 31.1. The molecule has 0 fully saturated rings. The average molecular weight is 263 g/mol. The van der Waals surface area contributed by atoms with Gasteiger partial charge in [-0.2, -0.15) is 0 Å². The molecule has 0 amide bonds. The first kappa shape index (κ1) is 9.62. The minimum absolute atomic E-state index is 0.0474. The second kappa shape index (κ2) is 3.04. The lowest BCUT2D eigenvalue weighted by Gasteiger charge is -2.21. The van der Waals surface area contributed by atoms with Gasteiger partial charge in [-0.25, -0.2) is 0 Å². The summed E-state index contributed by atoms with van der Waals surface area (Å²) in [6.07, 6.45) is 2.06. The molecule has 2 heterocycles. The molecule has 72 valence electrons. The van der Waals surface area contributed by atoms with E-state index in [2.05, 4.69) is 35.9 Å². The van der Waals surface area contributed by atoms with Gasteiger partial charge in [0.15, 0.2) is 5.44 Å². The van der Waals surface area contributed by atoms with Crippen LogP contribution in [-0.2, 0) is 4.74 Å². The van der Waals surface area contributed by atoms with E-state index < -0.39 is 5.44 Å². The third kappa shape index (κ3) is 1.55. The van der Waals surface area contributed by atoms with E-state index in [-0.39, 0.29) is 4.75 Å². The van der Waals surface area contributed by atoms with E-state index >= 15 is 0 Å². The Morgan fingerprint density at radius 3 is 3.08 bits per heavy atom. The third-order valence-electron chi connectivity index (χ3n) is 2.21. The van der Waals surface area contributed by atoms with Gasteiger partial charge in [0.2, 0.25) is 0 Å². The van der Waals surface area contributed by atoms with Crippen molar-refractivity contribution in [1.29, 1.82) is 0 Å². The molecule has 0 saturated carbocycles. The molecule has 2 aliphatic heterocycles. The van der Waals surface area contributed by atoms with E-state index in [1.807, 2.05) is 0 Å². The van der Waals surface area contributed by atoms with Crippen LogP contribution in [0, 0.1) is 0 Å². The van der Waals surface area contributed by atoms with Gasteiger partial charge >= 0.3 is 0 Å². The van der Waals surface area contributed by atoms with Crippen molar-refractivity contribution in [3.63, 3.8) is 0 Å². The zero-order chi connectivity index (χ0) is 9.64. The standard InChI is InChI=1S/C9H11BrO2S/c1-9(2)6-3-5(10)4-12-7(6)8(11)13-9/h3,8,11H,4H2,1-2H3. The quantitative estimate of drug-likeness (QED) is 0.727. The zero-order valence-electron chi connectivity index (χ0n) is 7.50. The Morgan fingerprint density at radius 1 is 1.69 bits per heavy atom. The number of halogens is 1. The third-order valence-corrected chi connectivity index (χ3v) is 3.92. The molecule has 0 aromatic carbocycles. The predicted octanol–water partition coefficient (Wildman–Crippen LogP) is 2.39. The molecule has 4 heteroatoms. The number of aliphatic hydroxyl groups excluding tert-OH is 1. The van der Waals surface area contributed by atoms with Crippen LogP contribution >= 0.6 is 27.7 Å². The maximum Gasteiger partial charge on any atom is 0.158 e. The monoisotopic (exact) mass is 262 g/mol. The Labute approximate surface area is 90.2 Å². The molecule has 13 heavy (non-hydrogen) atoms. The fraction of sp³-hybridized carbons (Fsp3) is 0.556. The molecule has 1 atom stereocenters. The molecule has 0 aromatic rings. The van der Waals surface area contributed by atoms with Crippen LogP contribution < -0.4 is 0 Å². The number of hydrogen-bond acceptors (Lipinski definition) is 3. The highest BCUT2D eigenvalue weighted by Gasteiger charge is 2.41. The molecule has 2 rings (SSSR count). The first-order chi connectivity index (χ1) is 6.00. The summed E-state index contributed by atoms with van der Waals surface area (Å²) in [4.78, 5) is 0. The maximum atomic E-state index is 9.68. The highest BCUT2D eigenvalue weighted by molar-refractivity contribution is 9.11. The van der Waals surface area contributed by atoms with Gasteiger partial charge in [-0.3, -0.25) is 0 Å². The van der Waals surface area contributed by atoms with Gasteiger partial charge in [0.1, 0.15) is 12.4 Å². The lowest BCUT2D eigenvalue weighted by Crippen LogP contribution is -2.15. The fourth-order valence-corrected chi connectivity index (χ4v) is 3.05. The van der Waals surface area contributed by atoms with E-state index in [0.717, 1.165) is 15.8 Å². The summed E-state index contributed by atoms with van der Waals surface area (Å²) in [6, 6.07) is 0. The molecule has 0 bridgehead atoms. The van der Waals surface area contributed by atoms with Crippen LogP contribution in [0.25, 0.3) is 0 Å². The highest BCUT2D eigenvalue weighted by Crippen LogP contribution is 2.48. The number of hydrogen-bond donors (Lipinski definition) is 1. The van der Waals surface area contributed by atoms with Crippen molar-refractivity contribution in [2.75, 3.05) is 6.61 Å². The molecule has 0 spiro atoms. The molecule has 0 aliphatic carbocycles. The average Bonchev–Trinajstić information content (AvgIpc) is 2.23. The molecular formula is C9H11BrO2S. The SMILES string of the molecule is CC1(C)SC(O)C2=C1C=C(Br)CO2. The summed E-state index contributed by atoms with van der Waals surface area (Å²) in [5.74, 6) is 0.734. The van der Waals surface area contributed by atoms with Crippen LogP contribution in [-0.4, -0.2) is 21.9 Å². The minimum Gasteiger partial charge on any atom is -0.489 e. The van der Waals surface area contributed by atoms with E-state index in [1.165, 1.54) is 11.8 Å². The van der Waals surface area contributed by atoms with Crippen LogP contribution in [0.4, 0.5) is 0 Å². The second-order valence-corrected chi connectivity index (χ2v) is 6.36. The van der Waals surface area contributed by atoms with E-state index in [0.29, 0.717) is 6.61 Å². The van der Waals surface area contributed by atoms with Gasteiger partial charge in [0.05, 0.1) is 0 Å². The zero-order valence-corrected chi connectivity index (χ0v) is 9.91. The topological polar surface area (TPSA) is 29.5 Å². The lowest BCUT2D eigenvalue weighted by molar-refractivity contribution is 0.161. The minimum atomic E-state index is -0.498. The van der Waals surface area contributed by atoms with Gasteiger partial charge < -0.3 is 9.84 Å².